The molecule has 1 heterocycles. The lowest BCUT2D eigenvalue weighted by atomic mass is 9.82. The fraction of sp³-hybridized carbons (Fsp3) is 0.545. The molecule has 1 aliphatic heterocycles. The van der Waals surface area contributed by atoms with Crippen molar-refractivity contribution in [1.82, 2.24) is 10.2 Å². The van der Waals surface area contributed by atoms with Gasteiger partial charge in [0, 0.05) is 0 Å². The predicted molar refractivity (Wildman–Crippen MR) is 55.0 cm³/mol. The zero-order valence-electron chi connectivity index (χ0n) is 8.78. The van der Waals surface area contributed by atoms with E-state index in [2.05, 4.69) is 11.2 Å². The zero-order valence-corrected chi connectivity index (χ0v) is 8.78. The number of carbonyl (C=O) groups is 3. The molecule has 2 fully saturated rings. The number of amides is 4. The van der Waals surface area contributed by atoms with Crippen molar-refractivity contribution in [3.63, 3.8) is 0 Å². The van der Waals surface area contributed by atoms with Gasteiger partial charge < -0.3 is 0 Å². The van der Waals surface area contributed by atoms with Crippen LogP contribution in [0.5, 0.6) is 0 Å². The van der Waals surface area contributed by atoms with E-state index in [1.54, 1.807) is 0 Å². The van der Waals surface area contributed by atoms with Gasteiger partial charge in [0.2, 0.25) is 11.8 Å². The van der Waals surface area contributed by atoms with Gasteiger partial charge in [-0.3, -0.25) is 19.8 Å². The van der Waals surface area contributed by atoms with E-state index < -0.39 is 23.3 Å². The van der Waals surface area contributed by atoms with Crippen molar-refractivity contribution in [1.29, 1.82) is 0 Å². The normalized spacial score (nSPS) is 23.4. The Balaban J connectivity index is 2.33. The fourth-order valence-corrected chi connectivity index (χ4v) is 2.39. The highest BCUT2D eigenvalue weighted by Gasteiger charge is 2.54. The topological polar surface area (TPSA) is 66.5 Å². The number of nitrogens with zero attached hydrogens (tertiary/aromatic N) is 1. The van der Waals surface area contributed by atoms with Crippen LogP contribution in [-0.2, 0) is 9.59 Å². The Morgan fingerprint density at radius 3 is 2.50 bits per heavy atom. The maximum atomic E-state index is 12.1. The Kier molecular flexibility index (Phi) is 2.43. The van der Waals surface area contributed by atoms with Crippen molar-refractivity contribution in [3.8, 4) is 12.3 Å². The van der Waals surface area contributed by atoms with Crippen molar-refractivity contribution < 1.29 is 14.4 Å². The number of rotatable bonds is 1. The average molecular weight is 220 g/mol. The first kappa shape index (κ1) is 10.7. The molecule has 1 saturated carbocycles. The molecule has 0 radical (unpaired) electrons. The summed E-state index contributed by atoms with van der Waals surface area (Å²) in [4.78, 5) is 36.2. The van der Waals surface area contributed by atoms with Gasteiger partial charge in [0.1, 0.15) is 5.41 Å². The van der Waals surface area contributed by atoms with Gasteiger partial charge >= 0.3 is 6.03 Å². The van der Waals surface area contributed by atoms with Crippen LogP contribution in [0.3, 0.4) is 0 Å². The molecule has 0 aromatic rings. The highest BCUT2D eigenvalue weighted by atomic mass is 16.2. The van der Waals surface area contributed by atoms with Crippen molar-refractivity contribution >= 4 is 17.8 Å². The lowest BCUT2D eigenvalue weighted by Gasteiger charge is -2.35. The summed E-state index contributed by atoms with van der Waals surface area (Å²) in [6.45, 7) is -0.0836. The quantitative estimate of drug-likeness (QED) is 0.509. The van der Waals surface area contributed by atoms with Gasteiger partial charge in [-0.05, 0) is 12.8 Å². The summed E-state index contributed by atoms with van der Waals surface area (Å²) in [5.41, 5.74) is -1.04. The monoisotopic (exact) mass is 220 g/mol. The number of imide groups is 2. The minimum atomic E-state index is -1.04. The van der Waals surface area contributed by atoms with E-state index in [0.29, 0.717) is 12.8 Å². The fourth-order valence-electron chi connectivity index (χ4n) is 2.39. The van der Waals surface area contributed by atoms with Crippen LogP contribution in [-0.4, -0.2) is 29.3 Å². The predicted octanol–water partition coefficient (Wildman–Crippen LogP) is 0.258. The Labute approximate surface area is 93.2 Å². The van der Waals surface area contributed by atoms with Crippen molar-refractivity contribution in [2.45, 2.75) is 25.7 Å². The van der Waals surface area contributed by atoms with Crippen LogP contribution in [0.15, 0.2) is 0 Å². The van der Waals surface area contributed by atoms with Crippen molar-refractivity contribution in [3.05, 3.63) is 0 Å². The minimum absolute atomic E-state index is 0.0836. The van der Waals surface area contributed by atoms with E-state index in [1.165, 1.54) is 0 Å². The maximum absolute atomic E-state index is 12.1. The number of hydrogen-bond acceptors (Lipinski definition) is 3. The van der Waals surface area contributed by atoms with Crippen LogP contribution in [0.2, 0.25) is 0 Å². The Hall–Kier alpha value is -1.83. The summed E-state index contributed by atoms with van der Waals surface area (Å²) in [6.07, 6.45) is 7.77. The Morgan fingerprint density at radius 1 is 1.31 bits per heavy atom. The second-order valence-electron chi connectivity index (χ2n) is 4.14. The van der Waals surface area contributed by atoms with Gasteiger partial charge in [-0.15, -0.1) is 6.42 Å². The molecule has 5 heteroatoms. The zero-order chi connectivity index (χ0) is 11.8. The third-order valence-corrected chi connectivity index (χ3v) is 3.26. The van der Waals surface area contributed by atoms with E-state index >= 15 is 0 Å². The molecule has 0 aromatic carbocycles. The lowest BCUT2D eigenvalue weighted by Crippen LogP contribution is -2.63. The first-order valence-electron chi connectivity index (χ1n) is 5.23. The molecule has 0 aromatic heterocycles. The number of nitrogens with one attached hydrogen (secondary N) is 1. The minimum Gasteiger partial charge on any atom is -0.277 e. The first-order chi connectivity index (χ1) is 7.62. The summed E-state index contributed by atoms with van der Waals surface area (Å²) in [6, 6.07) is -0.703. The van der Waals surface area contributed by atoms with Gasteiger partial charge in [-0.2, -0.15) is 0 Å². The van der Waals surface area contributed by atoms with E-state index in [9.17, 15) is 14.4 Å². The molecule has 4 amide bonds. The maximum Gasteiger partial charge on any atom is 0.331 e. The Morgan fingerprint density at radius 2 is 1.94 bits per heavy atom. The molecular weight excluding hydrogens is 208 g/mol. The summed E-state index contributed by atoms with van der Waals surface area (Å²) in [7, 11) is 0. The highest BCUT2D eigenvalue weighted by molar-refractivity contribution is 6.19. The third kappa shape index (κ3) is 1.30. The summed E-state index contributed by atoms with van der Waals surface area (Å²) >= 11 is 0. The van der Waals surface area contributed by atoms with Crippen LogP contribution in [0.4, 0.5) is 4.79 Å². The van der Waals surface area contributed by atoms with E-state index in [4.69, 9.17) is 6.42 Å². The van der Waals surface area contributed by atoms with E-state index in [0.717, 1.165) is 17.7 Å². The molecule has 2 rings (SSSR count). The molecule has 5 nitrogen and oxygen atoms in total. The van der Waals surface area contributed by atoms with Gasteiger partial charge in [0.25, 0.3) is 0 Å². The summed E-state index contributed by atoms with van der Waals surface area (Å²) in [5, 5.41) is 2.21. The molecule has 16 heavy (non-hydrogen) atoms. The van der Waals surface area contributed by atoms with E-state index in [1.807, 2.05) is 0 Å². The van der Waals surface area contributed by atoms with Crippen molar-refractivity contribution in [2.75, 3.05) is 6.54 Å². The average Bonchev–Trinajstić information content (AvgIpc) is 2.73. The molecular formula is C11H12N2O3. The SMILES string of the molecule is C#CCN1C(=O)NC(=O)C2(CCCC2)C1=O. The van der Waals surface area contributed by atoms with Gasteiger partial charge in [-0.25, -0.2) is 4.79 Å². The molecule has 84 valence electrons. The van der Waals surface area contributed by atoms with E-state index in [-0.39, 0.29) is 6.54 Å². The molecule has 1 saturated heterocycles. The van der Waals surface area contributed by atoms with Gasteiger partial charge in [0.05, 0.1) is 6.54 Å². The van der Waals surface area contributed by atoms with Gasteiger partial charge in [0.15, 0.2) is 0 Å². The summed E-state index contributed by atoms with van der Waals surface area (Å²) < 4.78 is 0. The van der Waals surface area contributed by atoms with Crippen molar-refractivity contribution in [2.24, 2.45) is 5.41 Å². The molecule has 2 aliphatic rings. The Bertz CT molecular complexity index is 402. The molecule has 1 N–H and O–H groups in total. The molecule has 0 atom stereocenters. The smallest absolute Gasteiger partial charge is 0.277 e. The first-order valence-corrected chi connectivity index (χ1v) is 5.23. The lowest BCUT2D eigenvalue weighted by molar-refractivity contribution is -0.150. The van der Waals surface area contributed by atoms with Crippen LogP contribution in [0.25, 0.3) is 0 Å². The van der Waals surface area contributed by atoms with Gasteiger partial charge in [-0.1, -0.05) is 18.8 Å². The number of barbiturate groups is 1. The van der Waals surface area contributed by atoms with Crippen LogP contribution in [0.1, 0.15) is 25.7 Å². The summed E-state index contributed by atoms with van der Waals surface area (Å²) in [5.74, 6) is 1.35. The van der Waals surface area contributed by atoms with Crippen LogP contribution in [0, 0.1) is 17.8 Å². The number of urea groups is 1. The third-order valence-electron chi connectivity index (χ3n) is 3.26. The highest BCUT2D eigenvalue weighted by Crippen LogP contribution is 2.41. The number of carbonyl (C=O) groups excluding carboxylic acids is 3. The largest absolute Gasteiger partial charge is 0.331 e. The molecule has 0 bridgehead atoms. The number of hydrogen-bond donors (Lipinski definition) is 1. The molecule has 1 aliphatic carbocycles. The van der Waals surface area contributed by atoms with Crippen LogP contribution < -0.4 is 5.32 Å². The number of terminal acetylenes is 1. The standard InChI is InChI=1S/C11H12N2O3/c1-2-7-13-9(15)11(5-3-4-6-11)8(14)12-10(13)16/h1H,3-7H2,(H,12,14,16). The molecule has 0 unspecified atom stereocenters. The molecule has 1 spiro atoms. The second kappa shape index (κ2) is 3.63. The van der Waals surface area contributed by atoms with Crippen LogP contribution >= 0.6 is 0 Å². The second-order valence-corrected chi connectivity index (χ2v) is 4.14.